The second kappa shape index (κ2) is 5.27. The van der Waals surface area contributed by atoms with E-state index in [-0.39, 0.29) is 34.8 Å². The summed E-state index contributed by atoms with van der Waals surface area (Å²) in [6.07, 6.45) is 2.61. The first kappa shape index (κ1) is 16.3. The molecule has 5 nitrogen and oxygen atoms in total. The minimum absolute atomic E-state index is 0.0926. The van der Waals surface area contributed by atoms with Gasteiger partial charge in [0.25, 0.3) is 0 Å². The van der Waals surface area contributed by atoms with E-state index in [1.165, 1.54) is 0 Å². The summed E-state index contributed by atoms with van der Waals surface area (Å²) in [7, 11) is 3.56. The molecule has 0 aromatic heterocycles. The molecule has 0 spiro atoms. The van der Waals surface area contributed by atoms with Crippen molar-refractivity contribution in [2.24, 2.45) is 17.3 Å². The van der Waals surface area contributed by atoms with Crippen LogP contribution in [0, 0.1) is 17.3 Å². The van der Waals surface area contributed by atoms with Gasteiger partial charge in [-0.2, -0.15) is 0 Å². The molecular formula is C16H27NO4. The third kappa shape index (κ3) is 2.45. The van der Waals surface area contributed by atoms with Crippen molar-refractivity contribution in [1.29, 1.82) is 0 Å². The van der Waals surface area contributed by atoms with Crippen molar-refractivity contribution in [1.82, 2.24) is 4.90 Å². The fourth-order valence-electron chi connectivity index (χ4n) is 3.95. The lowest BCUT2D eigenvalue weighted by Crippen LogP contribution is -2.69. The van der Waals surface area contributed by atoms with Crippen LogP contribution in [-0.4, -0.2) is 47.7 Å². The summed E-state index contributed by atoms with van der Waals surface area (Å²) in [6, 6.07) is 0.152. The number of amides is 1. The number of carbonyl (C=O) groups excluding carboxylic acids is 1. The fourth-order valence-corrected chi connectivity index (χ4v) is 3.95. The quantitative estimate of drug-likeness (QED) is 0.863. The van der Waals surface area contributed by atoms with Gasteiger partial charge in [0.2, 0.25) is 5.91 Å². The van der Waals surface area contributed by atoms with E-state index in [1.807, 2.05) is 11.9 Å². The summed E-state index contributed by atoms with van der Waals surface area (Å²) in [5, 5.41) is 9.06. The van der Waals surface area contributed by atoms with E-state index in [2.05, 4.69) is 20.8 Å². The van der Waals surface area contributed by atoms with Crippen LogP contribution in [0.1, 0.15) is 46.5 Å². The lowest BCUT2D eigenvalue weighted by atomic mass is 9.55. The molecule has 5 heteroatoms. The molecule has 2 fully saturated rings. The van der Waals surface area contributed by atoms with E-state index in [0.717, 1.165) is 6.42 Å². The first-order valence-corrected chi connectivity index (χ1v) is 7.68. The van der Waals surface area contributed by atoms with Gasteiger partial charge in [0.15, 0.2) is 0 Å². The number of methoxy groups -OCH3 is 1. The lowest BCUT2D eigenvalue weighted by Gasteiger charge is -2.61. The van der Waals surface area contributed by atoms with Gasteiger partial charge in [-0.15, -0.1) is 0 Å². The van der Waals surface area contributed by atoms with Crippen molar-refractivity contribution in [3.8, 4) is 0 Å². The summed E-state index contributed by atoms with van der Waals surface area (Å²) >= 11 is 0. The number of rotatable bonds is 4. The highest BCUT2D eigenvalue weighted by atomic mass is 16.5. The minimum Gasteiger partial charge on any atom is -0.481 e. The second-order valence-electron chi connectivity index (χ2n) is 7.37. The van der Waals surface area contributed by atoms with E-state index in [0.29, 0.717) is 19.3 Å². The van der Waals surface area contributed by atoms with Crippen LogP contribution in [0.4, 0.5) is 0 Å². The van der Waals surface area contributed by atoms with Gasteiger partial charge in [-0.1, -0.05) is 13.8 Å². The average molecular weight is 297 g/mol. The van der Waals surface area contributed by atoms with Crippen LogP contribution < -0.4 is 0 Å². The molecule has 1 amide bonds. The molecule has 0 aliphatic heterocycles. The maximum Gasteiger partial charge on any atom is 0.306 e. The van der Waals surface area contributed by atoms with Crippen molar-refractivity contribution in [2.75, 3.05) is 14.2 Å². The summed E-state index contributed by atoms with van der Waals surface area (Å²) in [4.78, 5) is 25.5. The van der Waals surface area contributed by atoms with E-state index in [9.17, 15) is 9.59 Å². The largest absolute Gasteiger partial charge is 0.481 e. The predicted octanol–water partition coefficient (Wildman–Crippen LogP) is 2.15. The molecule has 2 rings (SSSR count). The summed E-state index contributed by atoms with van der Waals surface area (Å²) in [5.74, 6) is -1.17. The molecular weight excluding hydrogens is 270 g/mol. The van der Waals surface area contributed by atoms with Crippen molar-refractivity contribution in [3.05, 3.63) is 0 Å². The number of carbonyl (C=O) groups is 2. The summed E-state index contributed by atoms with van der Waals surface area (Å²) in [5.41, 5.74) is -0.303. The number of carboxylic acids is 1. The van der Waals surface area contributed by atoms with Crippen LogP contribution in [0.5, 0.6) is 0 Å². The Morgan fingerprint density at radius 3 is 2.19 bits per heavy atom. The maximum atomic E-state index is 12.6. The van der Waals surface area contributed by atoms with Gasteiger partial charge in [-0.3, -0.25) is 9.59 Å². The molecule has 120 valence electrons. The van der Waals surface area contributed by atoms with Crippen LogP contribution in [0.25, 0.3) is 0 Å². The Morgan fingerprint density at radius 1 is 1.19 bits per heavy atom. The van der Waals surface area contributed by atoms with Crippen LogP contribution >= 0.6 is 0 Å². The first-order valence-electron chi connectivity index (χ1n) is 7.68. The molecule has 0 saturated heterocycles. The van der Waals surface area contributed by atoms with Gasteiger partial charge in [0, 0.05) is 31.5 Å². The Bertz CT molecular complexity index is 448. The van der Waals surface area contributed by atoms with E-state index in [1.54, 1.807) is 7.11 Å². The molecule has 0 bridgehead atoms. The smallest absolute Gasteiger partial charge is 0.306 e. The van der Waals surface area contributed by atoms with Gasteiger partial charge < -0.3 is 14.7 Å². The molecule has 2 aliphatic rings. The number of ether oxygens (including phenoxy) is 1. The number of hydrogen-bond donors (Lipinski definition) is 1. The molecule has 0 radical (unpaired) electrons. The Labute approximate surface area is 126 Å². The fraction of sp³-hybridized carbons (Fsp3) is 0.875. The topological polar surface area (TPSA) is 66.8 Å². The number of carboxylic acid groups (broad SMARTS) is 1. The molecule has 0 heterocycles. The minimum atomic E-state index is -0.774. The Hall–Kier alpha value is -1.10. The van der Waals surface area contributed by atoms with Gasteiger partial charge in [0.1, 0.15) is 0 Å². The molecule has 4 atom stereocenters. The van der Waals surface area contributed by atoms with Crippen molar-refractivity contribution >= 4 is 11.9 Å². The summed E-state index contributed by atoms with van der Waals surface area (Å²) < 4.78 is 5.61. The molecule has 21 heavy (non-hydrogen) atoms. The predicted molar refractivity (Wildman–Crippen MR) is 78.8 cm³/mol. The van der Waals surface area contributed by atoms with Crippen LogP contribution in [0.2, 0.25) is 0 Å². The average Bonchev–Trinajstić information content (AvgIpc) is 2.92. The second-order valence-corrected chi connectivity index (χ2v) is 7.37. The highest BCUT2D eigenvalue weighted by Gasteiger charge is 2.60. The molecule has 2 saturated carbocycles. The summed E-state index contributed by atoms with van der Waals surface area (Å²) in [6.45, 7) is 6.34. The highest BCUT2D eigenvalue weighted by molar-refractivity contribution is 5.81. The van der Waals surface area contributed by atoms with E-state index in [4.69, 9.17) is 9.84 Å². The van der Waals surface area contributed by atoms with Gasteiger partial charge in [0.05, 0.1) is 11.5 Å². The standard InChI is InChI=1S/C16H27NO4/c1-15(2)12(9-16(15,3)21-5)17(4)13(18)10-6-7-11(8-10)14(19)20/h10-12H,6-9H2,1-5H3,(H,19,20)/t10-,11+,12?,16?/m1/s1. The van der Waals surface area contributed by atoms with E-state index < -0.39 is 5.97 Å². The Morgan fingerprint density at radius 2 is 1.76 bits per heavy atom. The number of nitrogens with zero attached hydrogens (tertiary/aromatic N) is 1. The zero-order valence-electron chi connectivity index (χ0n) is 13.7. The Balaban J connectivity index is 2.00. The molecule has 2 unspecified atom stereocenters. The molecule has 1 N–H and O–H groups in total. The number of aliphatic carboxylic acids is 1. The third-order valence-corrected chi connectivity index (χ3v) is 6.18. The van der Waals surface area contributed by atoms with E-state index >= 15 is 0 Å². The SMILES string of the molecule is COC1(C)CC(N(C)C(=O)[C@@H]2CC[C@H](C(=O)O)C2)C1(C)C. The first-order chi connectivity index (χ1) is 9.64. The zero-order valence-corrected chi connectivity index (χ0v) is 13.7. The molecule has 0 aromatic carbocycles. The normalized spacial score (nSPS) is 37.9. The van der Waals surface area contributed by atoms with Gasteiger partial charge in [-0.25, -0.2) is 0 Å². The van der Waals surface area contributed by atoms with Crippen molar-refractivity contribution in [2.45, 2.75) is 58.1 Å². The monoisotopic (exact) mass is 297 g/mol. The van der Waals surface area contributed by atoms with Crippen molar-refractivity contribution in [3.63, 3.8) is 0 Å². The van der Waals surface area contributed by atoms with Gasteiger partial charge in [-0.05, 0) is 32.6 Å². The van der Waals surface area contributed by atoms with Crippen LogP contribution in [0.3, 0.4) is 0 Å². The van der Waals surface area contributed by atoms with Crippen molar-refractivity contribution < 1.29 is 19.4 Å². The molecule has 0 aromatic rings. The molecule has 2 aliphatic carbocycles. The Kier molecular flexibility index (Phi) is 4.08. The van der Waals surface area contributed by atoms with Crippen LogP contribution in [-0.2, 0) is 14.3 Å². The number of hydrogen-bond acceptors (Lipinski definition) is 3. The van der Waals surface area contributed by atoms with Crippen LogP contribution in [0.15, 0.2) is 0 Å². The highest BCUT2D eigenvalue weighted by Crippen LogP contribution is 2.54. The zero-order chi connectivity index (χ0) is 16.0. The maximum absolute atomic E-state index is 12.6. The lowest BCUT2D eigenvalue weighted by molar-refractivity contribution is -0.208. The van der Waals surface area contributed by atoms with Gasteiger partial charge >= 0.3 is 5.97 Å². The third-order valence-electron chi connectivity index (χ3n) is 6.18.